The molecule has 0 aromatic heterocycles. The van der Waals surface area contributed by atoms with Crippen LogP contribution < -0.4 is 10.1 Å². The van der Waals surface area contributed by atoms with Crippen LogP contribution in [0.25, 0.3) is 0 Å². The van der Waals surface area contributed by atoms with Crippen molar-refractivity contribution in [3.8, 4) is 5.75 Å². The lowest BCUT2D eigenvalue weighted by atomic mass is 10.1. The maximum Gasteiger partial charge on any atom is 0.120 e. The zero-order valence-electron chi connectivity index (χ0n) is 16.2. The molecule has 0 aliphatic carbocycles. The van der Waals surface area contributed by atoms with Crippen molar-refractivity contribution in [3.05, 3.63) is 35.4 Å². The zero-order valence-corrected chi connectivity index (χ0v) is 16.2. The summed E-state index contributed by atoms with van der Waals surface area (Å²) < 4.78 is 11.3. The molecule has 0 aliphatic rings. The van der Waals surface area contributed by atoms with E-state index in [0.717, 1.165) is 37.5 Å². The zero-order chi connectivity index (χ0) is 18.5. The number of hydrogen-bond donors (Lipinski definition) is 1. The number of ether oxygens (including phenoxy) is 2. The molecule has 1 aromatic carbocycles. The topological polar surface area (TPSA) is 52.1 Å². The van der Waals surface area contributed by atoms with E-state index < -0.39 is 0 Å². The molecular formula is C20H32N2O3. The molecule has 1 N–H and O–H groups in total. The third-order valence-electron chi connectivity index (χ3n) is 3.66. The van der Waals surface area contributed by atoms with Gasteiger partial charge in [-0.25, -0.2) is 0 Å². The highest BCUT2D eigenvalue weighted by Gasteiger charge is 2.05. The van der Waals surface area contributed by atoms with Crippen LogP contribution in [-0.2, 0) is 9.57 Å². The number of oxime groups is 1. The summed E-state index contributed by atoms with van der Waals surface area (Å²) in [7, 11) is 1.54. The SMILES string of the molecule is C/C=C/COc1cc(C)c(NCCCCOC/C(C)=N/OC)c(C)c1. The van der Waals surface area contributed by atoms with Crippen LogP contribution in [0.1, 0.15) is 37.8 Å². The van der Waals surface area contributed by atoms with Crippen LogP contribution in [0.3, 0.4) is 0 Å². The predicted octanol–water partition coefficient (Wildman–Crippen LogP) is 4.49. The average molecular weight is 348 g/mol. The van der Waals surface area contributed by atoms with Crippen molar-refractivity contribution < 1.29 is 14.3 Å². The minimum Gasteiger partial charge on any atom is -0.490 e. The van der Waals surface area contributed by atoms with Gasteiger partial charge in [0, 0.05) is 18.8 Å². The lowest BCUT2D eigenvalue weighted by Crippen LogP contribution is -2.09. The van der Waals surface area contributed by atoms with E-state index in [1.807, 2.05) is 26.0 Å². The van der Waals surface area contributed by atoms with E-state index in [-0.39, 0.29) is 0 Å². The minimum absolute atomic E-state index is 0.522. The first kappa shape index (κ1) is 21.0. The van der Waals surface area contributed by atoms with Crippen LogP contribution in [0.15, 0.2) is 29.4 Å². The second-order valence-corrected chi connectivity index (χ2v) is 6.01. The molecule has 0 aliphatic heterocycles. The number of rotatable bonds is 12. The molecule has 0 saturated carbocycles. The Morgan fingerprint density at radius 3 is 2.56 bits per heavy atom. The normalized spacial score (nSPS) is 11.8. The first-order valence-electron chi connectivity index (χ1n) is 8.82. The summed E-state index contributed by atoms with van der Waals surface area (Å²) >= 11 is 0. The van der Waals surface area contributed by atoms with Crippen molar-refractivity contribution in [1.82, 2.24) is 0 Å². The van der Waals surface area contributed by atoms with Crippen molar-refractivity contribution in [1.29, 1.82) is 0 Å². The van der Waals surface area contributed by atoms with E-state index in [2.05, 4.69) is 36.5 Å². The van der Waals surface area contributed by atoms with Crippen LogP contribution in [-0.4, -0.2) is 39.2 Å². The Kier molecular flexibility index (Phi) is 10.4. The molecule has 0 fully saturated rings. The number of anilines is 1. The molecule has 25 heavy (non-hydrogen) atoms. The fraction of sp³-hybridized carbons (Fsp3) is 0.550. The van der Waals surface area contributed by atoms with Crippen LogP contribution in [0, 0.1) is 13.8 Å². The number of aryl methyl sites for hydroxylation is 2. The highest BCUT2D eigenvalue weighted by Crippen LogP contribution is 2.26. The predicted molar refractivity (Wildman–Crippen MR) is 105 cm³/mol. The number of allylic oxidation sites excluding steroid dienone is 1. The first-order chi connectivity index (χ1) is 12.1. The second kappa shape index (κ2) is 12.4. The summed E-state index contributed by atoms with van der Waals surface area (Å²) in [5.74, 6) is 0.917. The second-order valence-electron chi connectivity index (χ2n) is 6.01. The molecule has 0 amide bonds. The van der Waals surface area contributed by atoms with Crippen LogP contribution in [0.5, 0.6) is 5.75 Å². The van der Waals surface area contributed by atoms with Gasteiger partial charge in [-0.1, -0.05) is 17.3 Å². The van der Waals surface area contributed by atoms with Gasteiger partial charge in [0.25, 0.3) is 0 Å². The summed E-state index contributed by atoms with van der Waals surface area (Å²) in [6.45, 7) is 10.9. The lowest BCUT2D eigenvalue weighted by Gasteiger charge is -2.15. The van der Waals surface area contributed by atoms with Gasteiger partial charge in [0.2, 0.25) is 0 Å². The number of nitrogens with one attached hydrogen (secondary N) is 1. The quantitative estimate of drug-likeness (QED) is 0.262. The van der Waals surface area contributed by atoms with E-state index in [9.17, 15) is 0 Å². The van der Waals surface area contributed by atoms with Gasteiger partial charge in [0.1, 0.15) is 19.5 Å². The van der Waals surface area contributed by atoms with E-state index >= 15 is 0 Å². The molecule has 140 valence electrons. The van der Waals surface area contributed by atoms with E-state index in [1.54, 1.807) is 7.11 Å². The van der Waals surface area contributed by atoms with Crippen LogP contribution in [0.4, 0.5) is 5.69 Å². The van der Waals surface area contributed by atoms with Gasteiger partial charge in [0.15, 0.2) is 0 Å². The van der Waals surface area contributed by atoms with E-state index in [0.29, 0.717) is 13.2 Å². The molecule has 0 saturated heterocycles. The van der Waals surface area contributed by atoms with Gasteiger partial charge in [-0.3, -0.25) is 0 Å². The third-order valence-corrected chi connectivity index (χ3v) is 3.66. The summed E-state index contributed by atoms with van der Waals surface area (Å²) in [6, 6.07) is 4.17. The van der Waals surface area contributed by atoms with Crippen molar-refractivity contribution >= 4 is 11.4 Å². The van der Waals surface area contributed by atoms with Crippen molar-refractivity contribution in [2.45, 2.75) is 40.5 Å². The molecule has 0 unspecified atom stereocenters. The molecule has 0 heterocycles. The maximum atomic E-state index is 5.72. The summed E-state index contributed by atoms with van der Waals surface area (Å²) in [5.41, 5.74) is 4.46. The van der Waals surface area contributed by atoms with Gasteiger partial charge in [-0.15, -0.1) is 0 Å². The van der Waals surface area contributed by atoms with Crippen molar-refractivity contribution in [2.75, 3.05) is 38.8 Å². The van der Waals surface area contributed by atoms with Crippen molar-refractivity contribution in [2.24, 2.45) is 5.16 Å². The Labute approximate surface area is 152 Å². The van der Waals surface area contributed by atoms with Gasteiger partial charge in [-0.2, -0.15) is 0 Å². The largest absolute Gasteiger partial charge is 0.490 e. The molecule has 1 aromatic rings. The van der Waals surface area contributed by atoms with Gasteiger partial charge < -0.3 is 19.6 Å². The Hall–Kier alpha value is -2.01. The maximum absolute atomic E-state index is 5.72. The average Bonchev–Trinajstić information content (AvgIpc) is 2.56. The Morgan fingerprint density at radius 1 is 1.20 bits per heavy atom. The highest BCUT2D eigenvalue weighted by molar-refractivity contribution is 5.82. The fourth-order valence-corrected chi connectivity index (χ4v) is 2.47. The molecule has 0 spiro atoms. The molecule has 5 heteroatoms. The summed E-state index contributed by atoms with van der Waals surface area (Å²) in [6.07, 6.45) is 6.06. The highest BCUT2D eigenvalue weighted by atomic mass is 16.6. The van der Waals surface area contributed by atoms with Gasteiger partial charge >= 0.3 is 0 Å². The number of hydrogen-bond acceptors (Lipinski definition) is 5. The first-order valence-corrected chi connectivity index (χ1v) is 8.82. The fourth-order valence-electron chi connectivity index (χ4n) is 2.47. The lowest BCUT2D eigenvalue weighted by molar-refractivity contribution is 0.159. The monoisotopic (exact) mass is 348 g/mol. The summed E-state index contributed by atoms with van der Waals surface area (Å²) in [5, 5.41) is 7.34. The van der Waals surface area contributed by atoms with Gasteiger partial charge in [0.05, 0.1) is 12.3 Å². The summed E-state index contributed by atoms with van der Waals surface area (Å²) in [4.78, 5) is 4.69. The number of nitrogens with zero attached hydrogens (tertiary/aromatic N) is 1. The molecule has 5 nitrogen and oxygen atoms in total. The Bertz CT molecular complexity index is 545. The minimum atomic E-state index is 0.522. The molecule has 0 atom stereocenters. The smallest absolute Gasteiger partial charge is 0.120 e. The standard InChI is InChI=1S/C20H32N2O3/c1-6-7-12-25-19-13-16(2)20(17(3)14-19)21-10-8-9-11-24-15-18(4)22-23-5/h6-7,13-14,21H,8-12,15H2,1-5H3/b7-6+,22-18+. The molecule has 1 rings (SSSR count). The number of benzene rings is 1. The van der Waals surface area contributed by atoms with Crippen LogP contribution >= 0.6 is 0 Å². The van der Waals surface area contributed by atoms with Crippen LogP contribution in [0.2, 0.25) is 0 Å². The molecule has 0 bridgehead atoms. The number of unbranched alkanes of at least 4 members (excludes halogenated alkanes) is 1. The van der Waals surface area contributed by atoms with E-state index in [4.69, 9.17) is 14.3 Å². The molecule has 0 radical (unpaired) electrons. The van der Waals surface area contributed by atoms with Gasteiger partial charge in [-0.05, 0) is 63.8 Å². The molecular weight excluding hydrogens is 316 g/mol. The Morgan fingerprint density at radius 2 is 1.92 bits per heavy atom. The Balaban J connectivity index is 2.31. The van der Waals surface area contributed by atoms with Crippen molar-refractivity contribution in [3.63, 3.8) is 0 Å². The van der Waals surface area contributed by atoms with E-state index in [1.165, 1.54) is 16.8 Å². The third kappa shape index (κ3) is 8.59.